The first-order valence-corrected chi connectivity index (χ1v) is 9.23. The first-order valence-electron chi connectivity index (χ1n) is 9.23. The van der Waals surface area contributed by atoms with Crippen molar-refractivity contribution in [2.24, 2.45) is 0 Å². The molecule has 0 spiro atoms. The highest BCUT2D eigenvalue weighted by atomic mass is 16.2. The van der Waals surface area contributed by atoms with Crippen LogP contribution in [0.5, 0.6) is 0 Å². The van der Waals surface area contributed by atoms with Crippen molar-refractivity contribution in [3.8, 4) is 5.69 Å². The Kier molecular flexibility index (Phi) is 5.60. The van der Waals surface area contributed by atoms with Crippen LogP contribution < -0.4 is 5.69 Å². The van der Waals surface area contributed by atoms with Crippen LogP contribution in [0.15, 0.2) is 65.6 Å². The summed E-state index contributed by atoms with van der Waals surface area (Å²) in [6, 6.07) is 17.4. The third-order valence-corrected chi connectivity index (χ3v) is 4.91. The van der Waals surface area contributed by atoms with Crippen molar-refractivity contribution in [2.75, 3.05) is 0 Å². The first-order chi connectivity index (χ1) is 13.0. The van der Waals surface area contributed by atoms with Crippen LogP contribution in [-0.4, -0.2) is 26.4 Å². The van der Waals surface area contributed by atoms with E-state index >= 15 is 0 Å². The van der Waals surface area contributed by atoms with Gasteiger partial charge in [0.1, 0.15) is 0 Å². The van der Waals surface area contributed by atoms with Crippen LogP contribution >= 0.6 is 0 Å². The summed E-state index contributed by atoms with van der Waals surface area (Å²) in [5, 5.41) is 0. The van der Waals surface area contributed by atoms with Crippen LogP contribution in [0.4, 0.5) is 0 Å². The van der Waals surface area contributed by atoms with Crippen LogP contribution in [-0.2, 0) is 6.54 Å². The Balaban J connectivity index is 1.86. The highest BCUT2D eigenvalue weighted by molar-refractivity contribution is 5.94. The lowest BCUT2D eigenvalue weighted by Gasteiger charge is -2.29. The molecule has 0 fully saturated rings. The zero-order valence-electron chi connectivity index (χ0n) is 16.0. The largest absolute Gasteiger partial charge is 0.332 e. The number of carbonyl (C=O) groups excluding carboxylic acids is 1. The van der Waals surface area contributed by atoms with Gasteiger partial charge >= 0.3 is 5.69 Å². The summed E-state index contributed by atoms with van der Waals surface area (Å²) in [6.45, 7) is 6.59. The van der Waals surface area contributed by atoms with Gasteiger partial charge in [-0.05, 0) is 50.1 Å². The van der Waals surface area contributed by atoms with Crippen LogP contribution in [0.3, 0.4) is 0 Å². The number of amides is 1. The van der Waals surface area contributed by atoms with Crippen molar-refractivity contribution in [3.63, 3.8) is 0 Å². The third kappa shape index (κ3) is 4.03. The number of H-pyrrole nitrogens is 1. The molecular formula is C22H25N3O2. The molecule has 2 aromatic carbocycles. The standard InChI is InChI=1S/C22H25N3O2/c1-4-16(2)24(15-18-8-6-5-7-9-18)21(26)19-10-12-20(13-11-19)25-17(3)14-23-22(25)27/h5-14,16H,4,15H2,1-3H3,(H,23,27). The number of nitrogens with one attached hydrogen (secondary N) is 1. The molecule has 5 heteroatoms. The van der Waals surface area contributed by atoms with Crippen LogP contribution in [0, 0.1) is 6.92 Å². The Morgan fingerprint density at radius 1 is 1.11 bits per heavy atom. The molecule has 5 nitrogen and oxygen atoms in total. The van der Waals surface area contributed by atoms with Gasteiger partial charge in [-0.2, -0.15) is 0 Å². The zero-order chi connectivity index (χ0) is 19.4. The van der Waals surface area contributed by atoms with Crippen LogP contribution in [0.25, 0.3) is 5.69 Å². The molecule has 0 aliphatic rings. The van der Waals surface area contributed by atoms with Gasteiger partial charge in [0.25, 0.3) is 5.91 Å². The van der Waals surface area contributed by atoms with Gasteiger partial charge in [-0.3, -0.25) is 9.36 Å². The van der Waals surface area contributed by atoms with E-state index in [1.54, 1.807) is 22.9 Å². The molecule has 140 valence electrons. The van der Waals surface area contributed by atoms with Gasteiger partial charge in [-0.25, -0.2) is 4.79 Å². The maximum atomic E-state index is 13.1. The summed E-state index contributed by atoms with van der Waals surface area (Å²) >= 11 is 0. The minimum Gasteiger partial charge on any atom is -0.332 e. The number of imidazole rings is 1. The molecular weight excluding hydrogens is 338 g/mol. The topological polar surface area (TPSA) is 58.1 Å². The number of hydrogen-bond acceptors (Lipinski definition) is 2. The second-order valence-corrected chi connectivity index (χ2v) is 6.79. The van der Waals surface area contributed by atoms with Gasteiger partial charge in [0.15, 0.2) is 0 Å². The SMILES string of the molecule is CCC(C)N(Cc1ccccc1)C(=O)c1ccc(-n2c(C)c[nH]c2=O)cc1. The van der Waals surface area contributed by atoms with Crippen LogP contribution in [0.2, 0.25) is 0 Å². The lowest BCUT2D eigenvalue weighted by atomic mass is 10.1. The zero-order valence-corrected chi connectivity index (χ0v) is 16.0. The van der Waals surface area contributed by atoms with Gasteiger partial charge < -0.3 is 9.88 Å². The van der Waals surface area contributed by atoms with Gasteiger partial charge in [-0.15, -0.1) is 0 Å². The monoisotopic (exact) mass is 363 g/mol. The second kappa shape index (κ2) is 8.08. The molecule has 1 atom stereocenters. The third-order valence-electron chi connectivity index (χ3n) is 4.91. The van der Waals surface area contributed by atoms with E-state index in [0.29, 0.717) is 12.1 Å². The van der Waals surface area contributed by atoms with Gasteiger partial charge in [-0.1, -0.05) is 37.3 Å². The van der Waals surface area contributed by atoms with Crippen molar-refractivity contribution in [1.29, 1.82) is 0 Å². The number of aromatic amines is 1. The van der Waals surface area contributed by atoms with E-state index in [9.17, 15) is 9.59 Å². The summed E-state index contributed by atoms with van der Waals surface area (Å²) in [6.07, 6.45) is 2.56. The maximum Gasteiger partial charge on any atom is 0.330 e. The first kappa shape index (κ1) is 18.7. The summed E-state index contributed by atoms with van der Waals surface area (Å²) in [4.78, 5) is 29.6. The van der Waals surface area contributed by atoms with E-state index in [0.717, 1.165) is 23.4 Å². The summed E-state index contributed by atoms with van der Waals surface area (Å²) < 4.78 is 1.59. The highest BCUT2D eigenvalue weighted by Crippen LogP contribution is 2.17. The van der Waals surface area contributed by atoms with Gasteiger partial charge in [0.2, 0.25) is 0 Å². The van der Waals surface area contributed by atoms with Crippen molar-refractivity contribution >= 4 is 5.91 Å². The van der Waals surface area contributed by atoms with E-state index in [1.807, 2.05) is 54.3 Å². The number of aryl methyl sites for hydroxylation is 1. The van der Waals surface area contributed by atoms with Crippen LogP contribution in [0.1, 0.15) is 41.9 Å². The molecule has 0 aliphatic heterocycles. The Hall–Kier alpha value is -3.08. The van der Waals surface area contributed by atoms with E-state index in [-0.39, 0.29) is 17.6 Å². The second-order valence-electron chi connectivity index (χ2n) is 6.79. The molecule has 1 heterocycles. The molecule has 0 radical (unpaired) electrons. The molecule has 0 aliphatic carbocycles. The molecule has 1 N–H and O–H groups in total. The molecule has 27 heavy (non-hydrogen) atoms. The van der Waals surface area contributed by atoms with Gasteiger partial charge in [0.05, 0.1) is 5.69 Å². The fourth-order valence-corrected chi connectivity index (χ4v) is 3.12. The molecule has 3 rings (SSSR count). The summed E-state index contributed by atoms with van der Waals surface area (Å²) in [5.41, 5.74) is 3.11. The molecule has 0 saturated carbocycles. The van der Waals surface area contributed by atoms with Gasteiger partial charge in [0, 0.05) is 30.0 Å². The molecule has 1 unspecified atom stereocenters. The fourth-order valence-electron chi connectivity index (χ4n) is 3.12. The number of rotatable bonds is 6. The number of nitrogens with zero attached hydrogens (tertiary/aromatic N) is 2. The Morgan fingerprint density at radius 2 is 1.78 bits per heavy atom. The number of aromatic nitrogens is 2. The van der Waals surface area contributed by atoms with E-state index in [1.165, 1.54) is 0 Å². The minimum atomic E-state index is -0.183. The van der Waals surface area contributed by atoms with Crippen molar-refractivity contribution in [3.05, 3.63) is 88.1 Å². The lowest BCUT2D eigenvalue weighted by molar-refractivity contribution is 0.0671. The predicted molar refractivity (Wildman–Crippen MR) is 107 cm³/mol. The summed E-state index contributed by atoms with van der Waals surface area (Å²) in [5.74, 6) is -0.00195. The molecule has 1 aromatic heterocycles. The normalized spacial score (nSPS) is 12.0. The van der Waals surface area contributed by atoms with E-state index in [4.69, 9.17) is 0 Å². The Morgan fingerprint density at radius 3 is 2.33 bits per heavy atom. The van der Waals surface area contributed by atoms with E-state index in [2.05, 4.69) is 18.8 Å². The fraction of sp³-hybridized carbons (Fsp3) is 0.273. The predicted octanol–water partition coefficient (Wildman–Crippen LogP) is 3.91. The lowest BCUT2D eigenvalue weighted by Crippen LogP contribution is -2.37. The maximum absolute atomic E-state index is 13.1. The quantitative estimate of drug-likeness (QED) is 0.722. The highest BCUT2D eigenvalue weighted by Gasteiger charge is 2.21. The Bertz CT molecular complexity index is 955. The van der Waals surface area contributed by atoms with Crippen molar-refractivity contribution in [1.82, 2.24) is 14.5 Å². The number of benzene rings is 2. The van der Waals surface area contributed by atoms with Crippen molar-refractivity contribution in [2.45, 2.75) is 39.8 Å². The Labute approximate surface area is 159 Å². The molecule has 3 aromatic rings. The summed E-state index contributed by atoms with van der Waals surface area (Å²) in [7, 11) is 0. The number of hydrogen-bond donors (Lipinski definition) is 1. The molecule has 0 saturated heterocycles. The average molecular weight is 363 g/mol. The van der Waals surface area contributed by atoms with E-state index < -0.39 is 0 Å². The number of carbonyl (C=O) groups is 1. The minimum absolute atomic E-state index is 0.00195. The molecule has 1 amide bonds. The smallest absolute Gasteiger partial charge is 0.330 e. The average Bonchev–Trinajstić information content (AvgIpc) is 3.04. The van der Waals surface area contributed by atoms with Crippen molar-refractivity contribution < 1.29 is 4.79 Å². The molecule has 0 bridgehead atoms.